The zero-order valence-electron chi connectivity index (χ0n) is 9.16. The van der Waals surface area contributed by atoms with E-state index in [0.717, 1.165) is 31.8 Å². The highest BCUT2D eigenvalue weighted by Gasteiger charge is 2.12. The van der Waals surface area contributed by atoms with E-state index in [-0.39, 0.29) is 0 Å². The molecule has 1 saturated heterocycles. The monoisotopic (exact) mass is 213 g/mol. The van der Waals surface area contributed by atoms with Crippen molar-refractivity contribution in [2.45, 2.75) is 19.8 Å². The molecule has 15 heavy (non-hydrogen) atoms. The molecule has 0 radical (unpaired) electrons. The summed E-state index contributed by atoms with van der Waals surface area (Å²) in [5.74, 6) is -0.299. The Labute approximate surface area is 90.3 Å². The number of hydrogen-bond donors (Lipinski definition) is 2. The van der Waals surface area contributed by atoms with Crippen LogP contribution in [0.15, 0.2) is 11.6 Å². The van der Waals surface area contributed by atoms with Crippen LogP contribution in [0, 0.1) is 5.92 Å². The molecule has 1 unspecified atom stereocenters. The molecule has 4 heteroatoms. The number of nitrogens with one attached hydrogen (secondary N) is 1. The largest absolute Gasteiger partial charge is 0.478 e. The van der Waals surface area contributed by atoms with Gasteiger partial charge in [0.25, 0.3) is 0 Å². The Morgan fingerprint density at radius 1 is 1.67 bits per heavy atom. The highest BCUT2D eigenvalue weighted by molar-refractivity contribution is 5.80. The lowest BCUT2D eigenvalue weighted by molar-refractivity contribution is -0.131. The first kappa shape index (κ1) is 12.2. The second-order valence-electron chi connectivity index (χ2n) is 4.04. The molecule has 1 aliphatic heterocycles. The second kappa shape index (κ2) is 6.58. The molecule has 0 aromatic carbocycles. The highest BCUT2D eigenvalue weighted by atomic mass is 16.5. The number of ether oxygens (including phenoxy) is 1. The van der Waals surface area contributed by atoms with Crippen LogP contribution in [-0.2, 0) is 9.53 Å². The van der Waals surface area contributed by atoms with Gasteiger partial charge in [0.05, 0.1) is 6.61 Å². The van der Waals surface area contributed by atoms with Crippen molar-refractivity contribution in [1.82, 2.24) is 5.32 Å². The minimum Gasteiger partial charge on any atom is -0.478 e. The summed E-state index contributed by atoms with van der Waals surface area (Å²) in [6.07, 6.45) is 3.58. The van der Waals surface area contributed by atoms with Crippen molar-refractivity contribution < 1.29 is 14.6 Å². The molecule has 1 heterocycles. The summed E-state index contributed by atoms with van der Waals surface area (Å²) in [6.45, 7) is 5.08. The number of rotatable bonds is 5. The van der Waals surface area contributed by atoms with Gasteiger partial charge >= 0.3 is 5.97 Å². The normalized spacial score (nSPS) is 22.7. The minimum atomic E-state index is -0.879. The molecular weight excluding hydrogens is 194 g/mol. The van der Waals surface area contributed by atoms with Crippen molar-refractivity contribution in [2.24, 2.45) is 5.92 Å². The molecule has 1 aliphatic rings. The van der Waals surface area contributed by atoms with E-state index in [0.29, 0.717) is 12.5 Å². The summed E-state index contributed by atoms with van der Waals surface area (Å²) >= 11 is 0. The summed E-state index contributed by atoms with van der Waals surface area (Å²) in [5.41, 5.74) is 0.847. The van der Waals surface area contributed by atoms with Crippen molar-refractivity contribution in [3.8, 4) is 0 Å². The van der Waals surface area contributed by atoms with Gasteiger partial charge in [-0.05, 0) is 25.7 Å². The zero-order chi connectivity index (χ0) is 11.1. The molecule has 1 rings (SSSR count). The lowest BCUT2D eigenvalue weighted by Gasteiger charge is -2.22. The van der Waals surface area contributed by atoms with E-state index in [4.69, 9.17) is 9.84 Å². The number of carboxylic acid groups (broad SMARTS) is 1. The first-order chi connectivity index (χ1) is 7.18. The van der Waals surface area contributed by atoms with Crippen molar-refractivity contribution in [1.29, 1.82) is 0 Å². The van der Waals surface area contributed by atoms with Crippen molar-refractivity contribution >= 4 is 5.97 Å². The fraction of sp³-hybridized carbons (Fsp3) is 0.727. The molecule has 0 aromatic rings. The van der Waals surface area contributed by atoms with E-state index in [1.54, 1.807) is 0 Å². The van der Waals surface area contributed by atoms with Gasteiger partial charge in [-0.25, -0.2) is 4.79 Å². The van der Waals surface area contributed by atoms with E-state index in [1.165, 1.54) is 12.5 Å². The standard InChI is InChI=1S/C11H19NO3/c1-9(5-11(13)14)6-12-7-10-3-2-4-15-8-10/h5,10,12H,2-4,6-8H2,1H3,(H,13,14). The van der Waals surface area contributed by atoms with Crippen LogP contribution < -0.4 is 5.32 Å². The summed E-state index contributed by atoms with van der Waals surface area (Å²) in [6, 6.07) is 0. The predicted molar refractivity (Wildman–Crippen MR) is 57.8 cm³/mol. The lowest BCUT2D eigenvalue weighted by Crippen LogP contribution is -2.30. The molecule has 86 valence electrons. The van der Waals surface area contributed by atoms with Crippen LogP contribution in [0.1, 0.15) is 19.8 Å². The minimum absolute atomic E-state index is 0.580. The third kappa shape index (κ3) is 5.54. The SMILES string of the molecule is CC(=CC(=O)O)CNCC1CCCOC1. The van der Waals surface area contributed by atoms with Gasteiger partial charge in [-0.1, -0.05) is 5.57 Å². The molecule has 1 fully saturated rings. The average molecular weight is 213 g/mol. The van der Waals surface area contributed by atoms with Gasteiger partial charge in [-0.3, -0.25) is 0 Å². The molecule has 0 saturated carbocycles. The van der Waals surface area contributed by atoms with Crippen LogP contribution in [-0.4, -0.2) is 37.4 Å². The van der Waals surface area contributed by atoms with Crippen molar-refractivity contribution in [3.63, 3.8) is 0 Å². The van der Waals surface area contributed by atoms with Gasteiger partial charge in [0.1, 0.15) is 0 Å². The van der Waals surface area contributed by atoms with Crippen LogP contribution in [0.4, 0.5) is 0 Å². The van der Waals surface area contributed by atoms with Gasteiger partial charge in [0.2, 0.25) is 0 Å². The molecule has 4 nitrogen and oxygen atoms in total. The first-order valence-electron chi connectivity index (χ1n) is 5.37. The van der Waals surface area contributed by atoms with E-state index in [9.17, 15) is 4.79 Å². The molecule has 0 amide bonds. The molecule has 0 spiro atoms. The average Bonchev–Trinajstić information content (AvgIpc) is 2.18. The number of carboxylic acids is 1. The Bertz CT molecular complexity index is 232. The number of carbonyl (C=O) groups is 1. The summed E-state index contributed by atoms with van der Waals surface area (Å²) < 4.78 is 5.36. The van der Waals surface area contributed by atoms with E-state index in [1.807, 2.05) is 6.92 Å². The van der Waals surface area contributed by atoms with Gasteiger partial charge in [-0.2, -0.15) is 0 Å². The van der Waals surface area contributed by atoms with E-state index < -0.39 is 5.97 Å². The Hall–Kier alpha value is -0.870. The topological polar surface area (TPSA) is 58.6 Å². The highest BCUT2D eigenvalue weighted by Crippen LogP contribution is 2.12. The molecule has 1 atom stereocenters. The van der Waals surface area contributed by atoms with Crippen LogP contribution in [0.5, 0.6) is 0 Å². The van der Waals surface area contributed by atoms with Gasteiger partial charge in [0, 0.05) is 25.8 Å². The third-order valence-corrected chi connectivity index (χ3v) is 2.46. The fourth-order valence-electron chi connectivity index (χ4n) is 1.70. The van der Waals surface area contributed by atoms with Crippen molar-refractivity contribution in [3.05, 3.63) is 11.6 Å². The first-order valence-corrected chi connectivity index (χ1v) is 5.37. The number of aliphatic carboxylic acids is 1. The smallest absolute Gasteiger partial charge is 0.328 e. The van der Waals surface area contributed by atoms with Crippen molar-refractivity contribution in [2.75, 3.05) is 26.3 Å². The molecule has 0 aliphatic carbocycles. The van der Waals surface area contributed by atoms with Gasteiger partial charge < -0.3 is 15.2 Å². The quantitative estimate of drug-likeness (QED) is 0.670. The second-order valence-corrected chi connectivity index (χ2v) is 4.04. The third-order valence-electron chi connectivity index (χ3n) is 2.46. The maximum atomic E-state index is 10.4. The van der Waals surface area contributed by atoms with Crippen LogP contribution in [0.25, 0.3) is 0 Å². The molecule has 0 bridgehead atoms. The maximum absolute atomic E-state index is 10.4. The number of hydrogen-bond acceptors (Lipinski definition) is 3. The van der Waals surface area contributed by atoms with Crippen LogP contribution in [0.2, 0.25) is 0 Å². The Balaban J connectivity index is 2.12. The Kier molecular flexibility index (Phi) is 5.36. The molecular formula is C11H19NO3. The van der Waals surface area contributed by atoms with Crippen LogP contribution in [0.3, 0.4) is 0 Å². The summed E-state index contributed by atoms with van der Waals surface area (Å²) in [4.78, 5) is 10.4. The zero-order valence-corrected chi connectivity index (χ0v) is 9.16. The van der Waals surface area contributed by atoms with Gasteiger partial charge in [-0.15, -0.1) is 0 Å². The van der Waals surface area contributed by atoms with Crippen LogP contribution >= 0.6 is 0 Å². The van der Waals surface area contributed by atoms with E-state index in [2.05, 4.69) is 5.32 Å². The predicted octanol–water partition coefficient (Wildman–Crippen LogP) is 1.03. The maximum Gasteiger partial charge on any atom is 0.328 e. The molecule has 2 N–H and O–H groups in total. The summed E-state index contributed by atoms with van der Waals surface area (Å²) in [7, 11) is 0. The Morgan fingerprint density at radius 3 is 3.07 bits per heavy atom. The lowest BCUT2D eigenvalue weighted by atomic mass is 10.0. The van der Waals surface area contributed by atoms with E-state index >= 15 is 0 Å². The molecule has 0 aromatic heterocycles. The van der Waals surface area contributed by atoms with Gasteiger partial charge in [0.15, 0.2) is 0 Å². The fourth-order valence-corrected chi connectivity index (χ4v) is 1.70. The summed E-state index contributed by atoms with van der Waals surface area (Å²) in [5, 5.41) is 11.8. The Morgan fingerprint density at radius 2 is 2.47 bits per heavy atom.